The average Bonchev–Trinajstić information content (AvgIpc) is 2.47. The molecule has 0 aromatic heterocycles. The van der Waals surface area contributed by atoms with E-state index in [2.05, 4.69) is 32.6 Å². The standard InChI is InChI=1S/C18H38N2/c1-5-6-7-8-9-12-18(4,15-19)20-13-10-17(11-14-20)16(2)3/h16-17H,5-15,19H2,1-4H3. The van der Waals surface area contributed by atoms with Gasteiger partial charge >= 0.3 is 0 Å². The fourth-order valence-corrected chi connectivity index (χ4v) is 3.60. The minimum atomic E-state index is 0.244. The van der Waals surface area contributed by atoms with E-state index in [0.717, 1.165) is 18.4 Å². The lowest BCUT2D eigenvalue weighted by Gasteiger charge is -2.45. The predicted molar refractivity (Wildman–Crippen MR) is 90.0 cm³/mol. The third kappa shape index (κ3) is 5.37. The van der Waals surface area contributed by atoms with Crippen LogP contribution in [0.4, 0.5) is 0 Å². The Balaban J connectivity index is 2.36. The fraction of sp³-hybridized carbons (Fsp3) is 1.00. The average molecular weight is 283 g/mol. The second-order valence-corrected chi connectivity index (χ2v) is 7.43. The molecule has 0 aliphatic carbocycles. The Kier molecular flexibility index (Phi) is 8.13. The van der Waals surface area contributed by atoms with Crippen molar-refractivity contribution >= 4 is 0 Å². The van der Waals surface area contributed by atoms with Gasteiger partial charge in [0.05, 0.1) is 0 Å². The molecule has 120 valence electrons. The van der Waals surface area contributed by atoms with E-state index in [9.17, 15) is 0 Å². The quantitative estimate of drug-likeness (QED) is 0.634. The molecule has 0 spiro atoms. The molecule has 0 bridgehead atoms. The highest BCUT2D eigenvalue weighted by Gasteiger charge is 2.33. The van der Waals surface area contributed by atoms with Crippen LogP contribution in [-0.4, -0.2) is 30.1 Å². The van der Waals surface area contributed by atoms with E-state index in [1.54, 1.807) is 0 Å². The lowest BCUT2D eigenvalue weighted by molar-refractivity contribution is 0.0499. The summed E-state index contributed by atoms with van der Waals surface area (Å²) in [4.78, 5) is 2.69. The second kappa shape index (κ2) is 9.04. The summed E-state index contributed by atoms with van der Waals surface area (Å²) >= 11 is 0. The Morgan fingerprint density at radius 2 is 1.70 bits per heavy atom. The van der Waals surface area contributed by atoms with Gasteiger partial charge in [-0.25, -0.2) is 0 Å². The number of hydrogen-bond donors (Lipinski definition) is 1. The minimum absolute atomic E-state index is 0.244. The maximum Gasteiger partial charge on any atom is 0.0303 e. The van der Waals surface area contributed by atoms with Gasteiger partial charge in [-0.2, -0.15) is 0 Å². The van der Waals surface area contributed by atoms with E-state index >= 15 is 0 Å². The Morgan fingerprint density at radius 3 is 2.20 bits per heavy atom. The fourth-order valence-electron chi connectivity index (χ4n) is 3.60. The minimum Gasteiger partial charge on any atom is -0.329 e. The lowest BCUT2D eigenvalue weighted by Crippen LogP contribution is -2.54. The van der Waals surface area contributed by atoms with Gasteiger partial charge in [-0.05, 0) is 51.1 Å². The Labute approximate surface area is 127 Å². The summed E-state index contributed by atoms with van der Waals surface area (Å²) in [7, 11) is 0. The summed E-state index contributed by atoms with van der Waals surface area (Å²) in [5.74, 6) is 1.77. The molecule has 2 N–H and O–H groups in total. The summed E-state index contributed by atoms with van der Waals surface area (Å²) in [5, 5.41) is 0. The first-order chi connectivity index (χ1) is 9.53. The lowest BCUT2D eigenvalue weighted by atomic mass is 9.83. The van der Waals surface area contributed by atoms with Crippen molar-refractivity contribution < 1.29 is 0 Å². The van der Waals surface area contributed by atoms with Gasteiger partial charge in [0.1, 0.15) is 0 Å². The van der Waals surface area contributed by atoms with Crippen LogP contribution in [0, 0.1) is 11.8 Å². The van der Waals surface area contributed by atoms with Crippen molar-refractivity contribution in [1.82, 2.24) is 4.90 Å². The molecule has 2 heteroatoms. The molecule has 1 saturated heterocycles. The van der Waals surface area contributed by atoms with Gasteiger partial charge in [0, 0.05) is 12.1 Å². The molecule has 20 heavy (non-hydrogen) atoms. The van der Waals surface area contributed by atoms with Crippen molar-refractivity contribution in [3.05, 3.63) is 0 Å². The first kappa shape index (κ1) is 18.0. The van der Waals surface area contributed by atoms with Crippen LogP contribution >= 0.6 is 0 Å². The molecule has 1 atom stereocenters. The monoisotopic (exact) mass is 282 g/mol. The van der Waals surface area contributed by atoms with Gasteiger partial charge in [-0.15, -0.1) is 0 Å². The number of hydrogen-bond acceptors (Lipinski definition) is 2. The predicted octanol–water partition coefficient (Wildman–Crippen LogP) is 4.43. The number of rotatable bonds is 9. The Bertz CT molecular complexity index is 244. The highest BCUT2D eigenvalue weighted by Crippen LogP contribution is 2.30. The third-order valence-electron chi connectivity index (χ3n) is 5.50. The summed E-state index contributed by atoms with van der Waals surface area (Å²) in [6.07, 6.45) is 10.8. The van der Waals surface area contributed by atoms with E-state index in [1.165, 1.54) is 64.5 Å². The SMILES string of the molecule is CCCCCCCC(C)(CN)N1CCC(C(C)C)CC1. The van der Waals surface area contributed by atoms with E-state index in [0.29, 0.717) is 0 Å². The largest absolute Gasteiger partial charge is 0.329 e. The molecule has 1 aliphatic rings. The van der Waals surface area contributed by atoms with Crippen molar-refractivity contribution in [2.24, 2.45) is 17.6 Å². The highest BCUT2D eigenvalue weighted by molar-refractivity contribution is 4.90. The van der Waals surface area contributed by atoms with Crippen molar-refractivity contribution in [1.29, 1.82) is 0 Å². The van der Waals surface area contributed by atoms with Crippen LogP contribution in [0.15, 0.2) is 0 Å². The first-order valence-electron chi connectivity index (χ1n) is 8.98. The van der Waals surface area contributed by atoms with Crippen LogP contribution in [-0.2, 0) is 0 Å². The second-order valence-electron chi connectivity index (χ2n) is 7.43. The van der Waals surface area contributed by atoms with Crippen LogP contribution in [0.5, 0.6) is 0 Å². The van der Waals surface area contributed by atoms with Crippen LogP contribution in [0.2, 0.25) is 0 Å². The van der Waals surface area contributed by atoms with E-state index in [1.807, 2.05) is 0 Å². The van der Waals surface area contributed by atoms with Gasteiger partial charge in [0.2, 0.25) is 0 Å². The summed E-state index contributed by atoms with van der Waals surface area (Å²) in [6, 6.07) is 0. The van der Waals surface area contributed by atoms with Crippen molar-refractivity contribution in [3.63, 3.8) is 0 Å². The van der Waals surface area contributed by atoms with Gasteiger partial charge in [0.25, 0.3) is 0 Å². The molecule has 1 aliphatic heterocycles. The highest BCUT2D eigenvalue weighted by atomic mass is 15.2. The molecular weight excluding hydrogens is 244 g/mol. The molecule has 0 aromatic rings. The number of nitrogens with two attached hydrogens (primary N) is 1. The normalized spacial score (nSPS) is 21.3. The summed E-state index contributed by atoms with van der Waals surface area (Å²) < 4.78 is 0. The van der Waals surface area contributed by atoms with E-state index < -0.39 is 0 Å². The van der Waals surface area contributed by atoms with Crippen molar-refractivity contribution in [2.45, 2.75) is 84.6 Å². The zero-order valence-corrected chi connectivity index (χ0v) is 14.5. The molecule has 1 fully saturated rings. The van der Waals surface area contributed by atoms with Gasteiger partial charge in [0.15, 0.2) is 0 Å². The van der Waals surface area contributed by atoms with Gasteiger partial charge in [-0.3, -0.25) is 4.90 Å². The maximum absolute atomic E-state index is 6.13. The summed E-state index contributed by atoms with van der Waals surface area (Å²) in [5.41, 5.74) is 6.38. The Morgan fingerprint density at radius 1 is 1.10 bits per heavy atom. The van der Waals surface area contributed by atoms with Gasteiger partial charge < -0.3 is 5.73 Å². The van der Waals surface area contributed by atoms with Crippen LogP contribution in [0.25, 0.3) is 0 Å². The van der Waals surface area contributed by atoms with Crippen molar-refractivity contribution in [2.75, 3.05) is 19.6 Å². The molecule has 0 radical (unpaired) electrons. The molecule has 0 saturated carbocycles. The topological polar surface area (TPSA) is 29.3 Å². The molecule has 0 amide bonds. The number of unbranched alkanes of at least 4 members (excludes halogenated alkanes) is 4. The molecule has 2 nitrogen and oxygen atoms in total. The molecule has 1 heterocycles. The first-order valence-corrected chi connectivity index (χ1v) is 8.98. The Hall–Kier alpha value is -0.0800. The van der Waals surface area contributed by atoms with E-state index in [-0.39, 0.29) is 5.54 Å². The molecule has 0 aromatic carbocycles. The number of likely N-dealkylation sites (tertiary alicyclic amines) is 1. The van der Waals surface area contributed by atoms with Crippen molar-refractivity contribution in [3.8, 4) is 0 Å². The third-order valence-corrected chi connectivity index (χ3v) is 5.50. The molecule has 1 rings (SSSR count). The van der Waals surface area contributed by atoms with Crippen LogP contribution in [0.3, 0.4) is 0 Å². The zero-order chi connectivity index (χ0) is 15.0. The van der Waals surface area contributed by atoms with E-state index in [4.69, 9.17) is 5.73 Å². The van der Waals surface area contributed by atoms with Crippen LogP contribution < -0.4 is 5.73 Å². The van der Waals surface area contributed by atoms with Crippen LogP contribution in [0.1, 0.15) is 79.1 Å². The zero-order valence-electron chi connectivity index (χ0n) is 14.5. The maximum atomic E-state index is 6.13. The number of piperidine rings is 1. The molecule has 1 unspecified atom stereocenters. The summed E-state index contributed by atoms with van der Waals surface area (Å²) in [6.45, 7) is 12.7. The number of nitrogens with zero attached hydrogens (tertiary/aromatic N) is 1. The van der Waals surface area contributed by atoms with Gasteiger partial charge in [-0.1, -0.05) is 52.9 Å². The smallest absolute Gasteiger partial charge is 0.0303 e. The molecular formula is C18H38N2.